The van der Waals surface area contributed by atoms with Crippen LogP contribution in [0.4, 0.5) is 4.39 Å². The Morgan fingerprint density at radius 3 is 3.07 bits per heavy atom. The van der Waals surface area contributed by atoms with E-state index in [2.05, 4.69) is 20.2 Å². The van der Waals surface area contributed by atoms with Crippen LogP contribution in [-0.2, 0) is 6.42 Å². The Morgan fingerprint density at radius 1 is 1.36 bits per heavy atom. The van der Waals surface area contributed by atoms with E-state index >= 15 is 0 Å². The number of rotatable bonds is 3. The number of carbonyl (C=O) groups excluding carboxylic acids is 1. The summed E-state index contributed by atoms with van der Waals surface area (Å²) in [4.78, 5) is 22.6. The maximum Gasteiger partial charge on any atom is 0.273 e. The molecule has 0 spiro atoms. The molecule has 4 aromatic rings. The Bertz CT molecular complexity index is 1130. The molecule has 5 rings (SSSR count). The van der Waals surface area contributed by atoms with Crippen LogP contribution in [0.2, 0.25) is 0 Å². The summed E-state index contributed by atoms with van der Waals surface area (Å²) in [5, 5.41) is 8.60. The van der Waals surface area contributed by atoms with Gasteiger partial charge < -0.3 is 9.88 Å². The minimum absolute atomic E-state index is 0.203. The van der Waals surface area contributed by atoms with Crippen molar-refractivity contribution in [2.75, 3.05) is 6.54 Å². The van der Waals surface area contributed by atoms with Gasteiger partial charge in [-0.1, -0.05) is 6.07 Å². The predicted molar refractivity (Wildman–Crippen MR) is 107 cm³/mol. The molecule has 1 unspecified atom stereocenters. The SMILES string of the molecule is O=C(c1ccnn1C(F)I)N1CCc2[nH]cnc2[C@@H]1c1cc2ccccn2n1. The fourth-order valence-corrected chi connectivity index (χ4v) is 4.12. The van der Waals surface area contributed by atoms with Gasteiger partial charge in [-0.25, -0.2) is 18.6 Å². The zero-order valence-corrected chi connectivity index (χ0v) is 16.7. The van der Waals surface area contributed by atoms with Gasteiger partial charge in [-0.05, 0) is 46.9 Å². The lowest BCUT2D eigenvalue weighted by Crippen LogP contribution is -2.41. The summed E-state index contributed by atoms with van der Waals surface area (Å²) in [6.07, 6.45) is 5.57. The molecule has 4 aromatic heterocycles. The minimum atomic E-state index is -1.43. The molecule has 2 atom stereocenters. The van der Waals surface area contributed by atoms with Crippen molar-refractivity contribution in [3.05, 3.63) is 71.8 Å². The zero-order valence-electron chi connectivity index (χ0n) is 14.5. The standard InChI is InChI=1S/C18H15FIN7O/c19-18(20)27-14(4-6-23-27)17(28)25-8-5-12-15(22-10-21-12)16(25)13-9-11-3-1-2-7-26(11)24-13/h1-4,6-7,9-10,16,18H,5,8H2,(H,21,22)/t16-,18?/m0/s1. The normalized spacial score (nSPS) is 17.6. The smallest absolute Gasteiger partial charge is 0.273 e. The minimum Gasteiger partial charge on any atom is -0.348 e. The van der Waals surface area contributed by atoms with E-state index < -0.39 is 10.3 Å². The lowest BCUT2D eigenvalue weighted by atomic mass is 9.99. The van der Waals surface area contributed by atoms with Gasteiger partial charge in [0.15, 0.2) is 0 Å². The molecule has 28 heavy (non-hydrogen) atoms. The number of hydrogen-bond donors (Lipinski definition) is 1. The molecule has 0 aromatic carbocycles. The van der Waals surface area contributed by atoms with Crippen molar-refractivity contribution < 1.29 is 9.18 Å². The number of nitrogens with zero attached hydrogens (tertiary/aromatic N) is 6. The number of carbonyl (C=O) groups is 1. The van der Waals surface area contributed by atoms with Crippen LogP contribution in [-0.4, -0.2) is 46.7 Å². The Kier molecular flexibility index (Phi) is 4.14. The van der Waals surface area contributed by atoms with Gasteiger partial charge in [0.1, 0.15) is 11.7 Å². The number of aromatic amines is 1. The largest absolute Gasteiger partial charge is 0.348 e. The second-order valence-electron chi connectivity index (χ2n) is 6.50. The van der Waals surface area contributed by atoms with E-state index in [0.29, 0.717) is 18.7 Å². The first-order chi connectivity index (χ1) is 13.6. The number of amides is 1. The van der Waals surface area contributed by atoms with Gasteiger partial charge in [0.25, 0.3) is 5.91 Å². The van der Waals surface area contributed by atoms with Gasteiger partial charge in [0.05, 0.1) is 23.2 Å². The Morgan fingerprint density at radius 2 is 2.25 bits per heavy atom. The van der Waals surface area contributed by atoms with Crippen LogP contribution in [0.5, 0.6) is 0 Å². The number of alkyl halides is 2. The van der Waals surface area contributed by atoms with E-state index in [1.807, 2.05) is 30.5 Å². The fraction of sp³-hybridized carbons (Fsp3) is 0.222. The molecule has 0 aliphatic carbocycles. The van der Waals surface area contributed by atoms with Crippen LogP contribution in [0, 0.1) is 0 Å². The van der Waals surface area contributed by atoms with Crippen LogP contribution in [0.1, 0.15) is 37.9 Å². The highest BCUT2D eigenvalue weighted by Crippen LogP contribution is 2.34. The van der Waals surface area contributed by atoms with Crippen molar-refractivity contribution in [1.29, 1.82) is 0 Å². The lowest BCUT2D eigenvalue weighted by molar-refractivity contribution is 0.0669. The van der Waals surface area contributed by atoms with Gasteiger partial charge in [-0.2, -0.15) is 10.2 Å². The zero-order chi connectivity index (χ0) is 19.3. The first kappa shape index (κ1) is 17.3. The second kappa shape index (κ2) is 6.69. The number of halogens is 2. The molecule has 1 amide bonds. The van der Waals surface area contributed by atoms with Crippen LogP contribution < -0.4 is 0 Å². The third-order valence-electron chi connectivity index (χ3n) is 4.93. The summed E-state index contributed by atoms with van der Waals surface area (Å²) in [7, 11) is 0. The third-order valence-corrected chi connectivity index (χ3v) is 5.46. The number of aromatic nitrogens is 6. The first-order valence-corrected chi connectivity index (χ1v) is 9.97. The number of pyridine rings is 1. The predicted octanol–water partition coefficient (Wildman–Crippen LogP) is 2.90. The molecule has 1 aliphatic heterocycles. The van der Waals surface area contributed by atoms with Gasteiger partial charge in [-0.15, -0.1) is 0 Å². The highest BCUT2D eigenvalue weighted by atomic mass is 127. The number of hydrogen-bond acceptors (Lipinski definition) is 4. The highest BCUT2D eigenvalue weighted by Gasteiger charge is 2.37. The molecule has 0 bridgehead atoms. The Hall–Kier alpha value is -2.76. The van der Waals surface area contributed by atoms with Gasteiger partial charge in [-0.3, -0.25) is 4.79 Å². The van der Waals surface area contributed by atoms with E-state index in [1.54, 1.807) is 38.3 Å². The lowest BCUT2D eigenvalue weighted by Gasteiger charge is -2.34. The van der Waals surface area contributed by atoms with Crippen LogP contribution >= 0.6 is 22.6 Å². The second-order valence-corrected chi connectivity index (χ2v) is 7.52. The van der Waals surface area contributed by atoms with Crippen molar-refractivity contribution in [1.82, 2.24) is 34.3 Å². The Balaban J connectivity index is 1.62. The molecule has 0 saturated heterocycles. The molecule has 0 saturated carbocycles. The fourth-order valence-electron chi connectivity index (χ4n) is 3.67. The molecule has 1 aliphatic rings. The van der Waals surface area contributed by atoms with Gasteiger partial charge in [0.2, 0.25) is 4.30 Å². The van der Waals surface area contributed by atoms with Crippen LogP contribution in [0.15, 0.2) is 49.1 Å². The summed E-state index contributed by atoms with van der Waals surface area (Å²) in [5.41, 5.74) is 3.59. The first-order valence-electron chi connectivity index (χ1n) is 8.72. The summed E-state index contributed by atoms with van der Waals surface area (Å²) < 4.78 is 15.3. The number of fused-ring (bicyclic) bond motifs is 2. The van der Waals surface area contributed by atoms with Crippen molar-refractivity contribution >= 4 is 34.0 Å². The average molecular weight is 491 g/mol. The number of nitrogens with one attached hydrogen (secondary N) is 1. The van der Waals surface area contributed by atoms with E-state index in [-0.39, 0.29) is 11.6 Å². The van der Waals surface area contributed by atoms with E-state index in [0.717, 1.165) is 21.6 Å². The molecule has 142 valence electrons. The molecule has 5 heterocycles. The molecule has 0 fully saturated rings. The van der Waals surface area contributed by atoms with E-state index in [1.165, 1.54) is 12.3 Å². The maximum atomic E-state index is 13.9. The van der Waals surface area contributed by atoms with Crippen molar-refractivity contribution in [3.8, 4) is 0 Å². The summed E-state index contributed by atoms with van der Waals surface area (Å²) in [5.74, 6) is -0.299. The number of H-pyrrole nitrogens is 1. The Labute approximate surface area is 172 Å². The van der Waals surface area contributed by atoms with Crippen molar-refractivity contribution in [2.45, 2.75) is 16.8 Å². The van der Waals surface area contributed by atoms with Gasteiger partial charge in [0, 0.05) is 31.1 Å². The number of imidazole rings is 1. The maximum absolute atomic E-state index is 13.9. The molecular weight excluding hydrogens is 476 g/mol. The molecule has 10 heteroatoms. The average Bonchev–Trinajstić information content (AvgIpc) is 3.44. The van der Waals surface area contributed by atoms with Gasteiger partial charge >= 0.3 is 0 Å². The summed E-state index contributed by atoms with van der Waals surface area (Å²) in [6.45, 7) is 0.468. The van der Waals surface area contributed by atoms with Crippen molar-refractivity contribution in [3.63, 3.8) is 0 Å². The van der Waals surface area contributed by atoms with E-state index in [9.17, 15) is 9.18 Å². The molecule has 1 N–H and O–H groups in total. The van der Waals surface area contributed by atoms with Crippen LogP contribution in [0.3, 0.4) is 0 Å². The topological polar surface area (TPSA) is 84.1 Å². The quantitative estimate of drug-likeness (QED) is 0.353. The molecule has 8 nitrogen and oxygen atoms in total. The summed E-state index contributed by atoms with van der Waals surface area (Å²) >= 11 is 1.59. The molecular formula is C18H15FIN7O. The highest BCUT2D eigenvalue weighted by molar-refractivity contribution is 14.1. The van der Waals surface area contributed by atoms with Crippen molar-refractivity contribution in [2.24, 2.45) is 0 Å². The van der Waals surface area contributed by atoms with E-state index in [4.69, 9.17) is 0 Å². The third kappa shape index (κ3) is 2.70. The molecule has 0 radical (unpaired) electrons. The summed E-state index contributed by atoms with van der Waals surface area (Å²) in [6, 6.07) is 8.81. The monoisotopic (exact) mass is 491 g/mol. The van der Waals surface area contributed by atoms with Crippen LogP contribution in [0.25, 0.3) is 5.52 Å².